The van der Waals surface area contributed by atoms with Gasteiger partial charge in [-0.2, -0.15) is 0 Å². The Morgan fingerprint density at radius 3 is 2.52 bits per heavy atom. The lowest BCUT2D eigenvalue weighted by atomic mass is 9.95. The quantitative estimate of drug-likeness (QED) is 0.0769. The SMILES string of the molecule is CCOc1ccc(C2/C(=C(/O)c3ccccc3)C(=O)C(=O)N2c2nnc(SCc3ccccc3Cl)s2)cc1OC. The second-order valence-electron chi connectivity index (χ2n) is 8.61. The number of methoxy groups -OCH3 is 1. The number of aromatic nitrogens is 2. The Hall–Kier alpha value is -3.86. The highest BCUT2D eigenvalue weighted by atomic mass is 35.5. The number of ketones is 1. The fourth-order valence-corrected chi connectivity index (χ4v) is 6.49. The Morgan fingerprint density at radius 2 is 1.80 bits per heavy atom. The number of hydrogen-bond donors (Lipinski definition) is 1. The molecule has 1 unspecified atom stereocenters. The van der Waals surface area contributed by atoms with Crippen LogP contribution in [0.5, 0.6) is 11.5 Å². The van der Waals surface area contributed by atoms with Gasteiger partial charge < -0.3 is 14.6 Å². The van der Waals surface area contributed by atoms with E-state index >= 15 is 0 Å². The molecule has 0 radical (unpaired) electrons. The van der Waals surface area contributed by atoms with Crippen LogP contribution in [0.25, 0.3) is 5.76 Å². The van der Waals surface area contributed by atoms with Crippen molar-refractivity contribution in [2.24, 2.45) is 0 Å². The van der Waals surface area contributed by atoms with Gasteiger partial charge in [-0.25, -0.2) is 0 Å². The van der Waals surface area contributed by atoms with E-state index in [9.17, 15) is 14.7 Å². The zero-order valence-electron chi connectivity index (χ0n) is 21.5. The average Bonchev–Trinajstić information content (AvgIpc) is 3.55. The minimum Gasteiger partial charge on any atom is -0.507 e. The van der Waals surface area contributed by atoms with Crippen LogP contribution in [-0.4, -0.2) is 40.7 Å². The number of benzene rings is 3. The summed E-state index contributed by atoms with van der Waals surface area (Å²) in [6.07, 6.45) is 0. The van der Waals surface area contributed by atoms with Gasteiger partial charge in [-0.15, -0.1) is 10.2 Å². The van der Waals surface area contributed by atoms with Gasteiger partial charge in [-0.05, 0) is 36.2 Å². The van der Waals surface area contributed by atoms with E-state index in [0.717, 1.165) is 5.56 Å². The monoisotopic (exact) mass is 593 g/mol. The second kappa shape index (κ2) is 12.1. The topological polar surface area (TPSA) is 102 Å². The average molecular weight is 594 g/mol. The summed E-state index contributed by atoms with van der Waals surface area (Å²) in [5, 5.41) is 20.7. The van der Waals surface area contributed by atoms with Crippen LogP contribution in [-0.2, 0) is 15.3 Å². The molecule has 40 heavy (non-hydrogen) atoms. The first-order valence-corrected chi connectivity index (χ1v) is 14.5. The summed E-state index contributed by atoms with van der Waals surface area (Å²) >= 11 is 8.89. The van der Waals surface area contributed by atoms with E-state index in [1.54, 1.807) is 48.5 Å². The number of halogens is 1. The summed E-state index contributed by atoms with van der Waals surface area (Å²) in [5.74, 6) is -0.410. The first-order valence-electron chi connectivity index (χ1n) is 12.3. The van der Waals surface area contributed by atoms with Crippen molar-refractivity contribution in [3.8, 4) is 11.5 Å². The van der Waals surface area contributed by atoms with Crippen LogP contribution in [0.4, 0.5) is 5.13 Å². The van der Waals surface area contributed by atoms with Crippen molar-refractivity contribution in [3.05, 3.63) is 100 Å². The molecule has 4 aromatic rings. The van der Waals surface area contributed by atoms with Crippen LogP contribution < -0.4 is 14.4 Å². The van der Waals surface area contributed by atoms with Gasteiger partial charge in [0, 0.05) is 16.3 Å². The minimum absolute atomic E-state index is 0.0529. The largest absolute Gasteiger partial charge is 0.507 e. The first kappa shape index (κ1) is 27.7. The summed E-state index contributed by atoms with van der Waals surface area (Å²) in [4.78, 5) is 28.2. The first-order chi connectivity index (χ1) is 19.4. The van der Waals surface area contributed by atoms with Crippen LogP contribution in [0, 0.1) is 0 Å². The fourth-order valence-electron chi connectivity index (χ4n) is 4.34. The molecule has 1 aromatic heterocycles. The molecule has 1 atom stereocenters. The molecule has 2 heterocycles. The molecule has 3 aromatic carbocycles. The third kappa shape index (κ3) is 5.42. The second-order valence-corrected chi connectivity index (χ2v) is 11.2. The molecule has 1 saturated heterocycles. The number of nitrogens with zero attached hydrogens (tertiary/aromatic N) is 3. The van der Waals surface area contributed by atoms with Crippen LogP contribution in [0.3, 0.4) is 0 Å². The van der Waals surface area contributed by atoms with Crippen molar-refractivity contribution in [1.82, 2.24) is 10.2 Å². The number of rotatable bonds is 9. The molecule has 8 nitrogen and oxygen atoms in total. The van der Waals surface area contributed by atoms with E-state index in [1.807, 2.05) is 31.2 Å². The molecule has 204 valence electrons. The molecular formula is C29H24ClN3O5S2. The third-order valence-electron chi connectivity index (χ3n) is 6.21. The molecule has 5 rings (SSSR count). The predicted octanol–water partition coefficient (Wildman–Crippen LogP) is 6.52. The molecular weight excluding hydrogens is 570 g/mol. The molecule has 0 aliphatic carbocycles. The van der Waals surface area contributed by atoms with Gasteiger partial charge in [-0.1, -0.05) is 89.3 Å². The number of hydrogen-bond acceptors (Lipinski definition) is 9. The fraction of sp³-hybridized carbons (Fsp3) is 0.172. The van der Waals surface area contributed by atoms with Gasteiger partial charge in [-0.3, -0.25) is 14.5 Å². The van der Waals surface area contributed by atoms with Crippen molar-refractivity contribution in [2.75, 3.05) is 18.6 Å². The Bertz CT molecular complexity index is 1590. The highest BCUT2D eigenvalue weighted by Crippen LogP contribution is 2.45. The number of thioether (sulfide) groups is 1. The van der Waals surface area contributed by atoms with Gasteiger partial charge in [0.05, 0.1) is 25.3 Å². The Morgan fingerprint density at radius 1 is 1.05 bits per heavy atom. The standard InChI is InChI=1S/C29H24ClN3O5S2/c1-3-38-21-14-13-18(15-22(21)37-2)24-23(25(34)17-9-5-4-6-10-17)26(35)27(36)33(24)28-31-32-29(40-28)39-16-19-11-7-8-12-20(19)30/h4-15,24,34H,3,16H2,1-2H3/b25-23-. The van der Waals surface area contributed by atoms with Crippen LogP contribution in [0.1, 0.15) is 29.7 Å². The third-order valence-corrected chi connectivity index (χ3v) is 8.68. The summed E-state index contributed by atoms with van der Waals surface area (Å²) in [7, 11) is 1.51. The van der Waals surface area contributed by atoms with Crippen molar-refractivity contribution < 1.29 is 24.2 Å². The molecule has 0 bridgehead atoms. The van der Waals surface area contributed by atoms with E-state index in [2.05, 4.69) is 10.2 Å². The minimum atomic E-state index is -0.973. The van der Waals surface area contributed by atoms with E-state index in [0.29, 0.717) is 44.3 Å². The van der Waals surface area contributed by atoms with Crippen molar-refractivity contribution in [2.45, 2.75) is 23.1 Å². The summed E-state index contributed by atoms with van der Waals surface area (Å²) in [6.45, 7) is 2.29. The molecule has 11 heteroatoms. The van der Waals surface area contributed by atoms with E-state index in [1.165, 1.54) is 35.1 Å². The Kier molecular flexibility index (Phi) is 8.39. The lowest BCUT2D eigenvalue weighted by Crippen LogP contribution is -2.29. The maximum absolute atomic E-state index is 13.5. The normalized spacial score (nSPS) is 16.4. The van der Waals surface area contributed by atoms with Crippen LogP contribution in [0.15, 0.2) is 82.7 Å². The lowest BCUT2D eigenvalue weighted by Gasteiger charge is -2.23. The van der Waals surface area contributed by atoms with Gasteiger partial charge in [0.25, 0.3) is 5.78 Å². The smallest absolute Gasteiger partial charge is 0.301 e. The Balaban J connectivity index is 1.57. The predicted molar refractivity (Wildman–Crippen MR) is 156 cm³/mol. The van der Waals surface area contributed by atoms with Crippen molar-refractivity contribution >= 4 is 57.3 Å². The van der Waals surface area contributed by atoms with Gasteiger partial charge in [0.2, 0.25) is 5.13 Å². The zero-order chi connectivity index (χ0) is 28.2. The van der Waals surface area contributed by atoms with Crippen molar-refractivity contribution in [3.63, 3.8) is 0 Å². The van der Waals surface area contributed by atoms with Gasteiger partial charge >= 0.3 is 5.91 Å². The van der Waals surface area contributed by atoms with E-state index in [4.69, 9.17) is 21.1 Å². The van der Waals surface area contributed by atoms with E-state index < -0.39 is 17.7 Å². The molecule has 0 saturated carbocycles. The van der Waals surface area contributed by atoms with Gasteiger partial charge in [0.15, 0.2) is 15.8 Å². The number of carbonyl (C=O) groups is 2. The number of ether oxygens (including phenoxy) is 2. The molecule has 1 amide bonds. The molecule has 1 N–H and O–H groups in total. The summed E-state index contributed by atoms with van der Waals surface area (Å²) in [5.41, 5.74) is 1.84. The number of aliphatic hydroxyl groups excluding tert-OH is 1. The summed E-state index contributed by atoms with van der Waals surface area (Å²) < 4.78 is 11.8. The highest BCUT2D eigenvalue weighted by Gasteiger charge is 2.48. The molecule has 1 aliphatic heterocycles. The van der Waals surface area contributed by atoms with Crippen LogP contribution >= 0.6 is 34.7 Å². The highest BCUT2D eigenvalue weighted by molar-refractivity contribution is 8.00. The number of Topliss-reactive ketones (excluding diaryl/α,β-unsaturated/α-hetero) is 1. The van der Waals surface area contributed by atoms with Crippen molar-refractivity contribution in [1.29, 1.82) is 0 Å². The summed E-state index contributed by atoms with van der Waals surface area (Å²) in [6, 6.07) is 20.3. The zero-order valence-corrected chi connectivity index (χ0v) is 23.9. The Labute approximate surface area is 244 Å². The maximum Gasteiger partial charge on any atom is 0.301 e. The number of aliphatic hydroxyl groups is 1. The van der Waals surface area contributed by atoms with Crippen LogP contribution in [0.2, 0.25) is 5.02 Å². The lowest BCUT2D eigenvalue weighted by molar-refractivity contribution is -0.132. The van der Waals surface area contributed by atoms with Gasteiger partial charge in [0.1, 0.15) is 5.76 Å². The number of amides is 1. The van der Waals surface area contributed by atoms with E-state index in [-0.39, 0.29) is 16.5 Å². The molecule has 1 aliphatic rings. The molecule has 1 fully saturated rings. The number of anilines is 1. The molecule has 0 spiro atoms. The maximum atomic E-state index is 13.5. The number of carbonyl (C=O) groups excluding carboxylic acids is 2.